The molecule has 0 atom stereocenters. The fourth-order valence-corrected chi connectivity index (χ4v) is 2.87. The predicted octanol–water partition coefficient (Wildman–Crippen LogP) is 2.87. The van der Waals surface area contributed by atoms with E-state index in [9.17, 15) is 9.59 Å². The third-order valence-corrected chi connectivity index (χ3v) is 4.18. The van der Waals surface area contributed by atoms with Crippen LogP contribution in [0, 0.1) is 0 Å². The SMILES string of the molecule is O=C(CCn1cnc2ccccc2c1=O)NCc1cccc(Br)c1. The van der Waals surface area contributed by atoms with Gasteiger partial charge in [-0.25, -0.2) is 4.98 Å². The summed E-state index contributed by atoms with van der Waals surface area (Å²) in [6.45, 7) is 0.768. The second kappa shape index (κ2) is 7.40. The second-order valence-corrected chi connectivity index (χ2v) is 6.33. The molecule has 0 aliphatic rings. The number of fused-ring (bicyclic) bond motifs is 1. The van der Waals surface area contributed by atoms with Crippen molar-refractivity contribution in [3.63, 3.8) is 0 Å². The van der Waals surface area contributed by atoms with Crippen LogP contribution in [0.4, 0.5) is 0 Å². The van der Waals surface area contributed by atoms with Gasteiger partial charge in [-0.1, -0.05) is 40.2 Å². The van der Waals surface area contributed by atoms with E-state index in [4.69, 9.17) is 0 Å². The van der Waals surface area contributed by atoms with Gasteiger partial charge in [0.25, 0.3) is 5.56 Å². The van der Waals surface area contributed by atoms with Gasteiger partial charge in [0.15, 0.2) is 0 Å². The molecule has 5 nitrogen and oxygen atoms in total. The minimum atomic E-state index is -0.125. The highest BCUT2D eigenvalue weighted by Gasteiger charge is 2.06. The lowest BCUT2D eigenvalue weighted by Crippen LogP contribution is -2.27. The molecule has 0 aliphatic carbocycles. The van der Waals surface area contributed by atoms with Gasteiger partial charge in [0.2, 0.25) is 5.91 Å². The molecule has 6 heteroatoms. The highest BCUT2D eigenvalue weighted by molar-refractivity contribution is 9.10. The average Bonchev–Trinajstić information content (AvgIpc) is 2.60. The van der Waals surface area contributed by atoms with Crippen LogP contribution < -0.4 is 10.9 Å². The van der Waals surface area contributed by atoms with Crippen LogP contribution in [-0.2, 0) is 17.9 Å². The first-order valence-corrected chi connectivity index (χ1v) is 8.38. The third kappa shape index (κ3) is 3.89. The van der Waals surface area contributed by atoms with E-state index in [2.05, 4.69) is 26.2 Å². The number of carbonyl (C=O) groups excluding carboxylic acids is 1. The van der Waals surface area contributed by atoms with Gasteiger partial charge in [0.05, 0.1) is 17.2 Å². The molecule has 0 saturated carbocycles. The summed E-state index contributed by atoms with van der Waals surface area (Å²) >= 11 is 3.40. The van der Waals surface area contributed by atoms with Crippen molar-refractivity contribution < 1.29 is 4.79 Å². The van der Waals surface area contributed by atoms with Crippen molar-refractivity contribution in [2.45, 2.75) is 19.5 Å². The summed E-state index contributed by atoms with van der Waals surface area (Å²) in [6.07, 6.45) is 1.72. The molecule has 1 N–H and O–H groups in total. The van der Waals surface area contributed by atoms with Crippen molar-refractivity contribution in [3.8, 4) is 0 Å². The lowest BCUT2D eigenvalue weighted by molar-refractivity contribution is -0.121. The minimum Gasteiger partial charge on any atom is -0.352 e. The Bertz CT molecular complexity index is 937. The van der Waals surface area contributed by atoms with Gasteiger partial charge >= 0.3 is 0 Å². The number of aryl methyl sites for hydroxylation is 1. The number of halogens is 1. The zero-order chi connectivity index (χ0) is 16.9. The molecule has 0 unspecified atom stereocenters. The summed E-state index contributed by atoms with van der Waals surface area (Å²) in [7, 11) is 0. The molecule has 0 radical (unpaired) electrons. The maximum absolute atomic E-state index is 12.3. The Morgan fingerprint density at radius 2 is 2.00 bits per heavy atom. The Hall–Kier alpha value is -2.47. The fraction of sp³-hybridized carbons (Fsp3) is 0.167. The van der Waals surface area contributed by atoms with E-state index in [0.29, 0.717) is 24.0 Å². The van der Waals surface area contributed by atoms with E-state index < -0.39 is 0 Å². The standard InChI is InChI=1S/C18H16BrN3O2/c19-14-5-3-4-13(10-14)11-20-17(23)8-9-22-12-21-16-7-2-1-6-15(16)18(22)24/h1-7,10,12H,8-9,11H2,(H,20,23). The quantitative estimate of drug-likeness (QED) is 0.734. The van der Waals surface area contributed by atoms with Crippen molar-refractivity contribution in [1.29, 1.82) is 0 Å². The van der Waals surface area contributed by atoms with Gasteiger partial charge in [-0.3, -0.25) is 14.2 Å². The van der Waals surface area contributed by atoms with Crippen molar-refractivity contribution in [2.24, 2.45) is 0 Å². The van der Waals surface area contributed by atoms with E-state index in [1.54, 1.807) is 18.2 Å². The molecule has 1 aromatic heterocycles. The van der Waals surface area contributed by atoms with Crippen molar-refractivity contribution >= 4 is 32.7 Å². The van der Waals surface area contributed by atoms with Gasteiger partial charge in [0, 0.05) is 24.0 Å². The summed E-state index contributed by atoms with van der Waals surface area (Å²) in [5, 5.41) is 3.42. The Balaban J connectivity index is 1.60. The molecule has 0 fully saturated rings. The second-order valence-electron chi connectivity index (χ2n) is 5.42. The number of aromatic nitrogens is 2. The van der Waals surface area contributed by atoms with Crippen molar-refractivity contribution in [3.05, 3.63) is 75.2 Å². The zero-order valence-electron chi connectivity index (χ0n) is 12.9. The predicted molar refractivity (Wildman–Crippen MR) is 96.6 cm³/mol. The first kappa shape index (κ1) is 16.4. The highest BCUT2D eigenvalue weighted by atomic mass is 79.9. The number of hydrogen-bond acceptors (Lipinski definition) is 3. The van der Waals surface area contributed by atoms with Crippen LogP contribution in [0.1, 0.15) is 12.0 Å². The van der Waals surface area contributed by atoms with Crippen LogP contribution in [0.3, 0.4) is 0 Å². The monoisotopic (exact) mass is 385 g/mol. The number of benzene rings is 2. The molecule has 24 heavy (non-hydrogen) atoms. The molecule has 2 aromatic carbocycles. The molecular formula is C18H16BrN3O2. The van der Waals surface area contributed by atoms with Crippen LogP contribution in [0.15, 0.2) is 64.1 Å². The van der Waals surface area contributed by atoms with Gasteiger partial charge in [0.1, 0.15) is 0 Å². The molecule has 3 rings (SSSR count). The lowest BCUT2D eigenvalue weighted by Gasteiger charge is -2.08. The zero-order valence-corrected chi connectivity index (χ0v) is 14.5. The summed E-state index contributed by atoms with van der Waals surface area (Å²) in [4.78, 5) is 28.6. The molecule has 1 amide bonds. The van der Waals surface area contributed by atoms with Crippen LogP contribution in [0.2, 0.25) is 0 Å². The van der Waals surface area contributed by atoms with E-state index in [1.165, 1.54) is 10.9 Å². The Morgan fingerprint density at radius 3 is 2.83 bits per heavy atom. The molecule has 0 aliphatic heterocycles. The third-order valence-electron chi connectivity index (χ3n) is 3.69. The minimum absolute atomic E-state index is 0.102. The van der Waals surface area contributed by atoms with Gasteiger partial charge in [-0.05, 0) is 29.8 Å². The van der Waals surface area contributed by atoms with Crippen molar-refractivity contribution in [2.75, 3.05) is 0 Å². The highest BCUT2D eigenvalue weighted by Crippen LogP contribution is 2.11. The van der Waals surface area contributed by atoms with Crippen LogP contribution in [0.25, 0.3) is 10.9 Å². The molecule has 3 aromatic rings. The van der Waals surface area contributed by atoms with E-state index in [1.807, 2.05) is 30.3 Å². The smallest absolute Gasteiger partial charge is 0.261 e. The number of nitrogens with one attached hydrogen (secondary N) is 1. The topological polar surface area (TPSA) is 64.0 Å². The summed E-state index contributed by atoms with van der Waals surface area (Å²) < 4.78 is 2.45. The number of para-hydroxylation sites is 1. The fourth-order valence-electron chi connectivity index (χ4n) is 2.42. The largest absolute Gasteiger partial charge is 0.352 e. The van der Waals surface area contributed by atoms with Crippen molar-refractivity contribution in [1.82, 2.24) is 14.9 Å². The van der Waals surface area contributed by atoms with Gasteiger partial charge in [-0.15, -0.1) is 0 Å². The van der Waals surface area contributed by atoms with Crippen LogP contribution in [0.5, 0.6) is 0 Å². The maximum Gasteiger partial charge on any atom is 0.261 e. The number of rotatable bonds is 5. The molecular weight excluding hydrogens is 370 g/mol. The molecule has 0 saturated heterocycles. The Kier molecular flexibility index (Phi) is 5.05. The Morgan fingerprint density at radius 1 is 1.17 bits per heavy atom. The summed E-state index contributed by atoms with van der Waals surface area (Å²) in [5.41, 5.74) is 1.56. The average molecular weight is 386 g/mol. The van der Waals surface area contributed by atoms with Crippen LogP contribution in [-0.4, -0.2) is 15.5 Å². The maximum atomic E-state index is 12.3. The first-order chi connectivity index (χ1) is 11.6. The van der Waals surface area contributed by atoms with E-state index >= 15 is 0 Å². The molecule has 1 heterocycles. The lowest BCUT2D eigenvalue weighted by atomic mass is 10.2. The number of hydrogen-bond donors (Lipinski definition) is 1. The van der Waals surface area contributed by atoms with E-state index in [0.717, 1.165) is 10.0 Å². The number of amides is 1. The van der Waals surface area contributed by atoms with E-state index in [-0.39, 0.29) is 17.9 Å². The Labute approximate surface area is 147 Å². The van der Waals surface area contributed by atoms with Crippen LogP contribution >= 0.6 is 15.9 Å². The van der Waals surface area contributed by atoms with Gasteiger partial charge in [-0.2, -0.15) is 0 Å². The van der Waals surface area contributed by atoms with Gasteiger partial charge < -0.3 is 5.32 Å². The summed E-state index contributed by atoms with van der Waals surface area (Å²) in [5.74, 6) is -0.102. The first-order valence-electron chi connectivity index (χ1n) is 7.59. The number of carbonyl (C=O) groups is 1. The number of nitrogens with zero attached hydrogens (tertiary/aromatic N) is 2. The molecule has 0 bridgehead atoms. The molecule has 122 valence electrons. The summed E-state index contributed by atoms with van der Waals surface area (Å²) in [6, 6.07) is 15.0. The normalized spacial score (nSPS) is 10.7. The molecule has 0 spiro atoms.